The molecule has 0 saturated carbocycles. The second-order valence-corrected chi connectivity index (χ2v) is 4.29. The number of rotatable bonds is 4. The number of hydrogen-bond donors (Lipinski definition) is 0. The van der Waals surface area contributed by atoms with E-state index in [4.69, 9.17) is 10.00 Å². The largest absolute Gasteiger partial charge is 0.378 e. The molecule has 0 aromatic carbocycles. The number of hydrogen-bond acceptors (Lipinski definition) is 4. The second-order valence-electron chi connectivity index (χ2n) is 4.29. The normalized spacial score (nSPS) is 18.5. The Balaban J connectivity index is 2.76. The Kier molecular flexibility index (Phi) is 3.61. The van der Waals surface area contributed by atoms with Crippen molar-refractivity contribution >= 4 is 6.29 Å². The maximum atomic E-state index is 10.6. The lowest BCUT2D eigenvalue weighted by Crippen LogP contribution is -2.55. The van der Waals surface area contributed by atoms with Gasteiger partial charge in [0.25, 0.3) is 0 Å². The minimum atomic E-state index is -0.305. The van der Waals surface area contributed by atoms with E-state index in [2.05, 4.69) is 4.90 Å². The van der Waals surface area contributed by atoms with Gasteiger partial charge in [-0.25, -0.2) is 0 Å². The van der Waals surface area contributed by atoms with Crippen LogP contribution in [0.1, 0.15) is 13.8 Å². The molecule has 1 rings (SSSR count). The van der Waals surface area contributed by atoms with E-state index < -0.39 is 0 Å². The lowest BCUT2D eigenvalue weighted by Gasteiger charge is -2.43. The van der Waals surface area contributed by atoms with Crippen LogP contribution in [-0.2, 0) is 9.53 Å². The van der Waals surface area contributed by atoms with Gasteiger partial charge >= 0.3 is 0 Å². The summed E-state index contributed by atoms with van der Waals surface area (Å²) in [5, 5.41) is 8.69. The predicted molar refractivity (Wildman–Crippen MR) is 56.2 cm³/mol. The van der Waals surface area contributed by atoms with Gasteiger partial charge in [0.1, 0.15) is 6.07 Å². The quantitative estimate of drug-likeness (QED) is 0.388. The molecule has 0 atom stereocenters. The number of carbonyl (C=O) groups excluding carboxylic acids is 1. The van der Waals surface area contributed by atoms with Crippen LogP contribution in [0.5, 0.6) is 0 Å². The Morgan fingerprint density at radius 1 is 1.60 bits per heavy atom. The minimum Gasteiger partial charge on any atom is -0.378 e. The molecule has 1 saturated heterocycles. The molecule has 0 aromatic heterocycles. The molecular weight excluding hydrogens is 192 g/mol. The molecule has 1 heterocycles. The van der Waals surface area contributed by atoms with Gasteiger partial charge in [0.05, 0.1) is 24.8 Å². The Morgan fingerprint density at radius 2 is 2.20 bits per heavy atom. The van der Waals surface area contributed by atoms with Crippen LogP contribution in [0.3, 0.4) is 0 Å². The van der Waals surface area contributed by atoms with Crippen molar-refractivity contribution in [3.63, 3.8) is 0 Å². The molecular formula is C11H16N2O2. The topological polar surface area (TPSA) is 53.3 Å². The molecule has 0 bridgehead atoms. The van der Waals surface area contributed by atoms with Crippen molar-refractivity contribution in [3.8, 4) is 6.07 Å². The summed E-state index contributed by atoms with van der Waals surface area (Å²) in [7, 11) is 1.98. The van der Waals surface area contributed by atoms with Crippen molar-refractivity contribution in [3.05, 3.63) is 11.6 Å². The summed E-state index contributed by atoms with van der Waals surface area (Å²) in [6, 6.07) is 2.25. The Labute approximate surface area is 90.1 Å². The van der Waals surface area contributed by atoms with Crippen LogP contribution in [0.15, 0.2) is 11.6 Å². The number of aldehydes is 1. The summed E-state index contributed by atoms with van der Waals surface area (Å²) in [5.74, 6) is 0. The van der Waals surface area contributed by atoms with Gasteiger partial charge in [-0.05, 0) is 27.0 Å². The van der Waals surface area contributed by atoms with Crippen molar-refractivity contribution in [1.29, 1.82) is 5.26 Å². The maximum absolute atomic E-state index is 10.6. The van der Waals surface area contributed by atoms with Crippen LogP contribution in [0.4, 0.5) is 0 Å². The molecule has 0 aliphatic carbocycles. The van der Waals surface area contributed by atoms with E-state index >= 15 is 0 Å². The molecule has 1 aliphatic heterocycles. The highest BCUT2D eigenvalue weighted by atomic mass is 16.5. The average Bonchev–Trinajstić information content (AvgIpc) is 2.11. The third kappa shape index (κ3) is 2.65. The second kappa shape index (κ2) is 4.56. The van der Waals surface area contributed by atoms with E-state index in [0.29, 0.717) is 12.3 Å². The monoisotopic (exact) mass is 208 g/mol. The first-order chi connectivity index (χ1) is 7.01. The number of likely N-dealkylation sites (N-methyl/N-ethyl adjacent to an activating group) is 1. The Morgan fingerprint density at radius 3 is 2.53 bits per heavy atom. The molecule has 15 heavy (non-hydrogen) atoms. The SMILES string of the molecule is CN(C1COC1)C(C)(C)C=C(C#N)C=O. The molecule has 4 nitrogen and oxygen atoms in total. The van der Waals surface area contributed by atoms with Crippen molar-refractivity contribution < 1.29 is 9.53 Å². The number of carbonyl (C=O) groups is 1. The number of ether oxygens (including phenoxy) is 1. The van der Waals surface area contributed by atoms with Crippen molar-refractivity contribution in [2.24, 2.45) is 0 Å². The van der Waals surface area contributed by atoms with Gasteiger partial charge in [-0.15, -0.1) is 0 Å². The number of nitrogens with zero attached hydrogens (tertiary/aromatic N) is 2. The predicted octanol–water partition coefficient (Wildman–Crippen LogP) is 0.744. The molecule has 0 radical (unpaired) electrons. The molecule has 4 heteroatoms. The van der Waals surface area contributed by atoms with Gasteiger partial charge < -0.3 is 4.74 Å². The molecule has 1 aliphatic rings. The highest BCUT2D eigenvalue weighted by Gasteiger charge is 2.32. The minimum absolute atomic E-state index is 0.173. The first-order valence-electron chi connectivity index (χ1n) is 4.90. The van der Waals surface area contributed by atoms with Crippen LogP contribution in [0.25, 0.3) is 0 Å². The molecule has 0 spiro atoms. The van der Waals surface area contributed by atoms with E-state index in [9.17, 15) is 4.79 Å². The smallest absolute Gasteiger partial charge is 0.160 e. The first-order valence-corrected chi connectivity index (χ1v) is 4.90. The van der Waals surface area contributed by atoms with E-state index in [-0.39, 0.29) is 11.1 Å². The van der Waals surface area contributed by atoms with Crippen LogP contribution >= 0.6 is 0 Å². The zero-order valence-electron chi connectivity index (χ0n) is 9.36. The Hall–Kier alpha value is -1.18. The maximum Gasteiger partial charge on any atom is 0.160 e. The van der Waals surface area contributed by atoms with Gasteiger partial charge in [-0.1, -0.05) is 0 Å². The van der Waals surface area contributed by atoms with Crippen LogP contribution in [0, 0.1) is 11.3 Å². The highest BCUT2D eigenvalue weighted by Crippen LogP contribution is 2.22. The van der Waals surface area contributed by atoms with Crippen molar-refractivity contribution in [2.75, 3.05) is 20.3 Å². The molecule has 0 aromatic rings. The standard InChI is InChI=1S/C11H16N2O2/c1-11(2,4-9(5-12)6-14)13(3)10-7-15-8-10/h4,6,10H,7-8H2,1-3H3. The van der Waals surface area contributed by atoms with E-state index in [1.807, 2.05) is 27.0 Å². The highest BCUT2D eigenvalue weighted by molar-refractivity contribution is 5.79. The van der Waals surface area contributed by atoms with E-state index in [1.165, 1.54) is 0 Å². The fourth-order valence-electron chi connectivity index (χ4n) is 1.49. The fourth-order valence-corrected chi connectivity index (χ4v) is 1.49. The summed E-state index contributed by atoms with van der Waals surface area (Å²) >= 11 is 0. The zero-order valence-corrected chi connectivity index (χ0v) is 9.36. The third-order valence-electron chi connectivity index (χ3n) is 2.84. The summed E-state index contributed by atoms with van der Waals surface area (Å²) in [6.45, 7) is 5.39. The van der Waals surface area contributed by atoms with Gasteiger partial charge in [-0.2, -0.15) is 5.26 Å². The molecule has 0 N–H and O–H groups in total. The van der Waals surface area contributed by atoms with E-state index in [1.54, 1.807) is 6.08 Å². The number of nitriles is 1. The molecule has 0 unspecified atom stereocenters. The van der Waals surface area contributed by atoms with Crippen LogP contribution in [-0.4, -0.2) is 43.0 Å². The molecule has 0 amide bonds. The molecule has 1 fully saturated rings. The Bertz CT molecular complexity index is 311. The first kappa shape index (κ1) is 11.9. The van der Waals surface area contributed by atoms with Crippen LogP contribution < -0.4 is 0 Å². The average molecular weight is 208 g/mol. The van der Waals surface area contributed by atoms with Crippen molar-refractivity contribution in [2.45, 2.75) is 25.4 Å². The lowest BCUT2D eigenvalue weighted by atomic mass is 9.97. The van der Waals surface area contributed by atoms with Crippen molar-refractivity contribution in [1.82, 2.24) is 4.90 Å². The number of allylic oxidation sites excluding steroid dienone is 1. The van der Waals surface area contributed by atoms with Gasteiger partial charge in [0.15, 0.2) is 6.29 Å². The van der Waals surface area contributed by atoms with Crippen LogP contribution in [0.2, 0.25) is 0 Å². The molecule has 82 valence electrons. The van der Waals surface area contributed by atoms with Gasteiger partial charge in [0, 0.05) is 5.54 Å². The van der Waals surface area contributed by atoms with Gasteiger partial charge in [0.2, 0.25) is 0 Å². The summed E-state index contributed by atoms with van der Waals surface area (Å²) in [5.41, 5.74) is -0.132. The van der Waals surface area contributed by atoms with Gasteiger partial charge in [-0.3, -0.25) is 9.69 Å². The van der Waals surface area contributed by atoms with E-state index in [0.717, 1.165) is 13.2 Å². The summed E-state index contributed by atoms with van der Waals surface area (Å²) in [6.07, 6.45) is 2.28. The zero-order chi connectivity index (χ0) is 11.5. The summed E-state index contributed by atoms with van der Waals surface area (Å²) < 4.78 is 5.11. The summed E-state index contributed by atoms with van der Waals surface area (Å²) in [4.78, 5) is 12.7. The fraction of sp³-hybridized carbons (Fsp3) is 0.636. The lowest BCUT2D eigenvalue weighted by molar-refractivity contribution is -0.104. The third-order valence-corrected chi connectivity index (χ3v) is 2.84.